The summed E-state index contributed by atoms with van der Waals surface area (Å²) in [6, 6.07) is 7.07. The Morgan fingerprint density at radius 2 is 1.79 bits per heavy atom. The van der Waals surface area contributed by atoms with Crippen molar-refractivity contribution in [2.75, 3.05) is 5.32 Å². The molecule has 2 aliphatic rings. The van der Waals surface area contributed by atoms with Crippen LogP contribution in [-0.4, -0.2) is 11.0 Å². The van der Waals surface area contributed by atoms with E-state index in [1.807, 2.05) is 0 Å². The summed E-state index contributed by atoms with van der Waals surface area (Å²) in [6.07, 6.45) is -0.0517. The Morgan fingerprint density at radius 1 is 1.11 bits per heavy atom. The molecule has 104 valence electrons. The SMILES string of the molecule is FC(F)(F)[C@@]1(C2CCCCC2)Nc2ccccc2S1. The third-order valence-electron chi connectivity index (χ3n) is 4.08. The third-order valence-corrected chi connectivity index (χ3v) is 5.64. The van der Waals surface area contributed by atoms with E-state index in [1.165, 1.54) is 0 Å². The molecule has 0 amide bonds. The van der Waals surface area contributed by atoms with Crippen molar-refractivity contribution in [2.24, 2.45) is 5.92 Å². The number of halogens is 3. The smallest absolute Gasteiger partial charge is 0.362 e. The van der Waals surface area contributed by atoms with Gasteiger partial charge in [-0.05, 0) is 25.0 Å². The van der Waals surface area contributed by atoms with Gasteiger partial charge >= 0.3 is 6.18 Å². The fourth-order valence-electron chi connectivity index (χ4n) is 3.11. The Balaban J connectivity index is 1.97. The number of thioether (sulfide) groups is 1. The van der Waals surface area contributed by atoms with Crippen molar-refractivity contribution in [3.05, 3.63) is 24.3 Å². The van der Waals surface area contributed by atoms with E-state index in [0.29, 0.717) is 23.4 Å². The predicted molar refractivity (Wildman–Crippen MR) is 71.3 cm³/mol. The molecular formula is C14H16F3NS. The lowest BCUT2D eigenvalue weighted by Gasteiger charge is -2.40. The lowest BCUT2D eigenvalue weighted by atomic mass is 9.83. The molecule has 3 rings (SSSR count). The zero-order valence-electron chi connectivity index (χ0n) is 10.5. The number of hydrogen-bond acceptors (Lipinski definition) is 2. The van der Waals surface area contributed by atoms with Gasteiger partial charge in [0.05, 0.1) is 0 Å². The second-order valence-electron chi connectivity index (χ2n) is 5.29. The lowest BCUT2D eigenvalue weighted by molar-refractivity contribution is -0.166. The highest BCUT2D eigenvalue weighted by Gasteiger charge is 2.62. The topological polar surface area (TPSA) is 12.0 Å². The van der Waals surface area contributed by atoms with Gasteiger partial charge in [-0.25, -0.2) is 0 Å². The quantitative estimate of drug-likeness (QED) is 0.776. The van der Waals surface area contributed by atoms with Crippen LogP contribution in [0.5, 0.6) is 0 Å². The number of rotatable bonds is 1. The Morgan fingerprint density at radius 3 is 2.42 bits per heavy atom. The van der Waals surface area contributed by atoms with Crippen LogP contribution < -0.4 is 5.32 Å². The van der Waals surface area contributed by atoms with E-state index >= 15 is 0 Å². The Kier molecular flexibility index (Phi) is 3.20. The van der Waals surface area contributed by atoms with Crippen LogP contribution in [-0.2, 0) is 0 Å². The first-order chi connectivity index (χ1) is 9.03. The molecule has 0 radical (unpaired) electrons. The average Bonchev–Trinajstić information content (AvgIpc) is 2.80. The first-order valence-electron chi connectivity index (χ1n) is 6.66. The van der Waals surface area contributed by atoms with Gasteiger partial charge in [0, 0.05) is 16.5 Å². The van der Waals surface area contributed by atoms with Crippen LogP contribution in [0, 0.1) is 5.92 Å². The minimum absolute atomic E-state index is 0.335. The van der Waals surface area contributed by atoms with Crippen molar-refractivity contribution in [1.82, 2.24) is 0 Å². The molecule has 0 bridgehead atoms. The van der Waals surface area contributed by atoms with Gasteiger partial charge in [-0.2, -0.15) is 13.2 Å². The maximum absolute atomic E-state index is 13.7. The second-order valence-corrected chi connectivity index (χ2v) is 6.58. The summed E-state index contributed by atoms with van der Waals surface area (Å²) in [5.74, 6) is -0.335. The van der Waals surface area contributed by atoms with Gasteiger partial charge in [0.1, 0.15) is 0 Å². The molecule has 0 unspecified atom stereocenters. The van der Waals surface area contributed by atoms with Gasteiger partial charge in [0.25, 0.3) is 0 Å². The van der Waals surface area contributed by atoms with Gasteiger partial charge in [-0.15, -0.1) is 0 Å². The summed E-state index contributed by atoms with van der Waals surface area (Å²) in [7, 11) is 0. The molecule has 1 heterocycles. The molecule has 0 spiro atoms. The monoisotopic (exact) mass is 287 g/mol. The molecule has 1 aliphatic carbocycles. The Bertz CT molecular complexity index is 441. The molecule has 1 N–H and O–H groups in total. The summed E-state index contributed by atoms with van der Waals surface area (Å²) >= 11 is 0.961. The molecule has 19 heavy (non-hydrogen) atoms. The lowest BCUT2D eigenvalue weighted by Crippen LogP contribution is -2.53. The van der Waals surface area contributed by atoms with Crippen LogP contribution in [0.15, 0.2) is 29.2 Å². The molecule has 1 atom stereocenters. The Labute approximate surface area is 115 Å². The zero-order chi connectivity index (χ0) is 13.5. The van der Waals surface area contributed by atoms with Gasteiger partial charge in [0.15, 0.2) is 4.87 Å². The first-order valence-corrected chi connectivity index (χ1v) is 7.47. The van der Waals surface area contributed by atoms with Crippen molar-refractivity contribution in [3.63, 3.8) is 0 Å². The largest absolute Gasteiger partial charge is 0.421 e. The van der Waals surface area contributed by atoms with Gasteiger partial charge in [-0.3, -0.25) is 0 Å². The number of nitrogens with one attached hydrogen (secondary N) is 1. The molecule has 0 saturated heterocycles. The predicted octanol–water partition coefficient (Wildman–Crippen LogP) is 5.04. The number of hydrogen-bond donors (Lipinski definition) is 1. The highest BCUT2D eigenvalue weighted by Crippen LogP contribution is 2.58. The van der Waals surface area contributed by atoms with E-state index in [-0.39, 0.29) is 5.92 Å². The summed E-state index contributed by atoms with van der Waals surface area (Å²) in [4.78, 5) is -1.11. The van der Waals surface area contributed by atoms with E-state index in [4.69, 9.17) is 0 Å². The number of benzene rings is 1. The van der Waals surface area contributed by atoms with Crippen molar-refractivity contribution >= 4 is 17.4 Å². The minimum Gasteiger partial charge on any atom is -0.362 e. The summed E-state index contributed by atoms with van der Waals surface area (Å²) in [6.45, 7) is 0. The number of anilines is 1. The van der Waals surface area contributed by atoms with Gasteiger partial charge < -0.3 is 5.32 Å². The van der Waals surface area contributed by atoms with Crippen molar-refractivity contribution in [2.45, 2.75) is 48.0 Å². The van der Waals surface area contributed by atoms with E-state index < -0.39 is 11.0 Å². The highest BCUT2D eigenvalue weighted by atomic mass is 32.2. The van der Waals surface area contributed by atoms with Crippen LogP contribution in [0.2, 0.25) is 0 Å². The van der Waals surface area contributed by atoms with Gasteiger partial charge in [-0.1, -0.05) is 43.2 Å². The number of para-hydroxylation sites is 1. The minimum atomic E-state index is -4.24. The maximum Gasteiger partial charge on any atom is 0.421 e. The van der Waals surface area contributed by atoms with Crippen LogP contribution in [0.4, 0.5) is 18.9 Å². The summed E-state index contributed by atoms with van der Waals surface area (Å²) in [5, 5.41) is 2.80. The van der Waals surface area contributed by atoms with Crippen molar-refractivity contribution < 1.29 is 13.2 Å². The summed E-state index contributed by atoms with van der Waals surface area (Å²) in [5.41, 5.74) is 0.621. The molecule has 1 aromatic carbocycles. The van der Waals surface area contributed by atoms with E-state index in [2.05, 4.69) is 5.32 Å². The zero-order valence-corrected chi connectivity index (χ0v) is 11.3. The molecule has 5 heteroatoms. The molecule has 1 fully saturated rings. The molecule has 1 aromatic rings. The average molecular weight is 287 g/mol. The normalized spacial score (nSPS) is 27.9. The second kappa shape index (κ2) is 4.62. The third kappa shape index (κ3) is 2.12. The first kappa shape index (κ1) is 13.2. The van der Waals surface area contributed by atoms with Crippen molar-refractivity contribution in [3.8, 4) is 0 Å². The number of fused-ring (bicyclic) bond motifs is 1. The molecular weight excluding hydrogens is 271 g/mol. The van der Waals surface area contributed by atoms with Crippen LogP contribution in [0.1, 0.15) is 32.1 Å². The van der Waals surface area contributed by atoms with Crippen LogP contribution in [0.3, 0.4) is 0 Å². The summed E-state index contributed by atoms with van der Waals surface area (Å²) < 4.78 is 41.0. The Hall–Kier alpha value is -0.840. The fourth-order valence-corrected chi connectivity index (χ4v) is 4.51. The van der Waals surface area contributed by atoms with E-state index in [0.717, 1.165) is 31.0 Å². The maximum atomic E-state index is 13.7. The van der Waals surface area contributed by atoms with E-state index in [1.54, 1.807) is 24.3 Å². The standard InChI is InChI=1S/C14H16F3NS/c15-14(16,17)13(10-6-2-1-3-7-10)18-11-8-4-5-9-12(11)19-13/h4-5,8-10,18H,1-3,6-7H2/t13-/m0/s1. The molecule has 1 saturated carbocycles. The van der Waals surface area contributed by atoms with Gasteiger partial charge in [0.2, 0.25) is 0 Å². The van der Waals surface area contributed by atoms with Crippen LogP contribution >= 0.6 is 11.8 Å². The number of alkyl halides is 3. The van der Waals surface area contributed by atoms with Crippen molar-refractivity contribution in [1.29, 1.82) is 0 Å². The van der Waals surface area contributed by atoms with E-state index in [9.17, 15) is 13.2 Å². The fraction of sp³-hybridized carbons (Fsp3) is 0.571. The molecule has 1 aliphatic heterocycles. The highest BCUT2D eigenvalue weighted by molar-refractivity contribution is 8.01. The molecule has 0 aromatic heterocycles. The van der Waals surface area contributed by atoms with Crippen LogP contribution in [0.25, 0.3) is 0 Å². The molecule has 1 nitrogen and oxygen atoms in total.